The van der Waals surface area contributed by atoms with Crippen LogP contribution < -0.4 is 5.32 Å². The summed E-state index contributed by atoms with van der Waals surface area (Å²) in [4.78, 5) is 50.9. The molecule has 0 aliphatic carbocycles. The number of hydrogen-bond acceptors (Lipinski definition) is 8. The molecule has 1 N–H and O–H groups in total. The van der Waals surface area contributed by atoms with Crippen LogP contribution in [0.5, 0.6) is 0 Å². The normalized spacial score (nSPS) is 17.7. The minimum atomic E-state index is -1.98. The van der Waals surface area contributed by atoms with Gasteiger partial charge < -0.3 is 19.5 Å². The molecule has 9 nitrogen and oxygen atoms in total. The Morgan fingerprint density at radius 3 is 2.04 bits per heavy atom. The molecule has 0 saturated carbocycles. The van der Waals surface area contributed by atoms with Gasteiger partial charge in [-0.25, -0.2) is 9.59 Å². The molecule has 0 spiro atoms. The molecule has 0 aromatic carbocycles. The number of hydrogen-bond donors (Lipinski definition) is 1. The Morgan fingerprint density at radius 2 is 1.56 bits per heavy atom. The number of carbonyl (C=O) groups excluding carboxylic acids is 4. The molecule has 1 atom stereocenters. The van der Waals surface area contributed by atoms with Crippen LogP contribution in [0.1, 0.15) is 40.5 Å². The van der Waals surface area contributed by atoms with Gasteiger partial charge in [0.25, 0.3) is 0 Å². The van der Waals surface area contributed by atoms with Crippen molar-refractivity contribution in [2.24, 2.45) is 5.92 Å². The number of esters is 3. The summed E-state index contributed by atoms with van der Waals surface area (Å²) in [6, 6.07) is 0. The Hall–Kier alpha value is -2.16. The Kier molecular flexibility index (Phi) is 9.20. The van der Waals surface area contributed by atoms with E-state index in [1.165, 1.54) is 6.92 Å². The van der Waals surface area contributed by atoms with Gasteiger partial charge in [0, 0.05) is 20.0 Å². The Labute approximate surface area is 159 Å². The van der Waals surface area contributed by atoms with Crippen LogP contribution in [0.4, 0.5) is 0 Å². The van der Waals surface area contributed by atoms with Crippen LogP contribution in [0.25, 0.3) is 0 Å². The van der Waals surface area contributed by atoms with Gasteiger partial charge in [-0.3, -0.25) is 14.5 Å². The molecule has 1 aliphatic heterocycles. The van der Waals surface area contributed by atoms with E-state index < -0.39 is 23.4 Å². The molecule has 0 bridgehead atoms. The maximum Gasteiger partial charge on any atom is 0.345 e. The van der Waals surface area contributed by atoms with E-state index in [-0.39, 0.29) is 38.3 Å². The summed E-state index contributed by atoms with van der Waals surface area (Å²) in [5.41, 5.74) is -1.98. The van der Waals surface area contributed by atoms with Gasteiger partial charge in [-0.15, -0.1) is 0 Å². The van der Waals surface area contributed by atoms with Crippen LogP contribution >= 0.6 is 0 Å². The number of ether oxygens (including phenoxy) is 3. The number of nitrogens with zero attached hydrogens (tertiary/aromatic N) is 1. The summed E-state index contributed by atoms with van der Waals surface area (Å²) >= 11 is 0. The average molecular weight is 386 g/mol. The lowest BCUT2D eigenvalue weighted by Gasteiger charge is -2.38. The standard InChI is InChI=1S/C18H30N2O7/c1-5-25-15(22)14-9-8-10-20(11-14)12-18(19-13(4)21,16(23)26-6-2)17(24)27-7-3/h14H,5-12H2,1-4H3,(H,19,21)/t14-/m1/s1. The first kappa shape index (κ1) is 22.9. The summed E-state index contributed by atoms with van der Waals surface area (Å²) in [6.45, 7) is 7.30. The topological polar surface area (TPSA) is 111 Å². The van der Waals surface area contributed by atoms with Crippen molar-refractivity contribution < 1.29 is 33.4 Å². The predicted molar refractivity (Wildman–Crippen MR) is 95.6 cm³/mol. The first-order valence-electron chi connectivity index (χ1n) is 9.32. The zero-order chi connectivity index (χ0) is 20.4. The number of likely N-dealkylation sites (tertiary alicyclic amines) is 1. The first-order chi connectivity index (χ1) is 12.8. The number of piperidine rings is 1. The van der Waals surface area contributed by atoms with E-state index in [0.29, 0.717) is 25.9 Å². The second-order valence-corrected chi connectivity index (χ2v) is 6.35. The third-order valence-electron chi connectivity index (χ3n) is 4.22. The van der Waals surface area contributed by atoms with Gasteiger partial charge in [-0.05, 0) is 40.2 Å². The summed E-state index contributed by atoms with van der Waals surface area (Å²) in [5.74, 6) is -2.97. The van der Waals surface area contributed by atoms with Crippen molar-refractivity contribution in [3.63, 3.8) is 0 Å². The minimum Gasteiger partial charge on any atom is -0.466 e. The zero-order valence-corrected chi connectivity index (χ0v) is 16.5. The Bertz CT molecular complexity index is 532. The molecule has 1 rings (SSSR count). The molecular formula is C18H30N2O7. The van der Waals surface area contributed by atoms with Crippen molar-refractivity contribution in [1.29, 1.82) is 0 Å². The molecule has 27 heavy (non-hydrogen) atoms. The van der Waals surface area contributed by atoms with Crippen molar-refractivity contribution in [3.8, 4) is 0 Å². The number of amides is 1. The Balaban J connectivity index is 3.09. The van der Waals surface area contributed by atoms with Crippen molar-refractivity contribution in [2.45, 2.75) is 46.1 Å². The Morgan fingerprint density at radius 1 is 1.00 bits per heavy atom. The summed E-state index contributed by atoms with van der Waals surface area (Å²) in [7, 11) is 0. The molecule has 9 heteroatoms. The zero-order valence-electron chi connectivity index (χ0n) is 16.5. The van der Waals surface area contributed by atoms with E-state index in [1.807, 2.05) is 0 Å². The van der Waals surface area contributed by atoms with Gasteiger partial charge in [0.1, 0.15) is 0 Å². The van der Waals surface area contributed by atoms with Crippen molar-refractivity contribution in [3.05, 3.63) is 0 Å². The van der Waals surface area contributed by atoms with Gasteiger partial charge in [0.05, 0.1) is 25.7 Å². The second-order valence-electron chi connectivity index (χ2n) is 6.35. The monoisotopic (exact) mass is 386 g/mol. The highest BCUT2D eigenvalue weighted by Crippen LogP contribution is 2.22. The minimum absolute atomic E-state index is 0.0467. The molecule has 1 fully saturated rings. The maximum absolute atomic E-state index is 12.7. The lowest BCUT2D eigenvalue weighted by Crippen LogP contribution is -2.67. The fourth-order valence-electron chi connectivity index (χ4n) is 3.15. The SMILES string of the molecule is CCOC(=O)[C@@H]1CCCN(CC(NC(C)=O)(C(=O)OCC)C(=O)OCC)C1. The van der Waals surface area contributed by atoms with Crippen LogP contribution in [-0.2, 0) is 33.4 Å². The van der Waals surface area contributed by atoms with Crippen molar-refractivity contribution in [2.75, 3.05) is 39.5 Å². The highest BCUT2D eigenvalue weighted by Gasteiger charge is 2.51. The predicted octanol–water partition coefficient (Wildman–Crippen LogP) is 0.263. The van der Waals surface area contributed by atoms with E-state index in [0.717, 1.165) is 0 Å². The smallest absolute Gasteiger partial charge is 0.345 e. The molecule has 1 heterocycles. The lowest BCUT2D eigenvalue weighted by atomic mass is 9.93. The number of carbonyl (C=O) groups is 4. The molecule has 154 valence electrons. The largest absolute Gasteiger partial charge is 0.466 e. The van der Waals surface area contributed by atoms with Gasteiger partial charge in [-0.2, -0.15) is 0 Å². The second kappa shape index (κ2) is 10.9. The van der Waals surface area contributed by atoms with Crippen LogP contribution in [-0.4, -0.2) is 73.7 Å². The molecule has 1 saturated heterocycles. The van der Waals surface area contributed by atoms with Crippen LogP contribution in [0.15, 0.2) is 0 Å². The molecule has 0 aromatic rings. The van der Waals surface area contributed by atoms with Crippen LogP contribution in [0.2, 0.25) is 0 Å². The number of nitrogens with one attached hydrogen (secondary N) is 1. The third-order valence-corrected chi connectivity index (χ3v) is 4.22. The van der Waals surface area contributed by atoms with Crippen molar-refractivity contribution >= 4 is 23.8 Å². The lowest BCUT2D eigenvalue weighted by molar-refractivity contribution is -0.169. The van der Waals surface area contributed by atoms with E-state index in [9.17, 15) is 19.2 Å². The van der Waals surface area contributed by atoms with Crippen LogP contribution in [0.3, 0.4) is 0 Å². The molecule has 1 aliphatic rings. The van der Waals surface area contributed by atoms with Gasteiger partial charge in [0.15, 0.2) is 0 Å². The summed E-state index contributed by atoms with van der Waals surface area (Å²) < 4.78 is 15.2. The fourth-order valence-corrected chi connectivity index (χ4v) is 3.15. The fraction of sp³-hybridized carbons (Fsp3) is 0.778. The molecule has 1 amide bonds. The molecular weight excluding hydrogens is 356 g/mol. The van der Waals surface area contributed by atoms with E-state index in [4.69, 9.17) is 14.2 Å². The summed E-state index contributed by atoms with van der Waals surface area (Å²) in [6.07, 6.45) is 1.37. The maximum atomic E-state index is 12.7. The van der Waals surface area contributed by atoms with E-state index in [2.05, 4.69) is 5.32 Å². The van der Waals surface area contributed by atoms with Gasteiger partial charge >= 0.3 is 17.9 Å². The third kappa shape index (κ3) is 6.20. The van der Waals surface area contributed by atoms with E-state index in [1.54, 1.807) is 25.7 Å². The highest BCUT2D eigenvalue weighted by atomic mass is 16.6. The van der Waals surface area contributed by atoms with E-state index >= 15 is 0 Å². The van der Waals surface area contributed by atoms with Gasteiger partial charge in [0.2, 0.25) is 11.4 Å². The van der Waals surface area contributed by atoms with Crippen LogP contribution in [0, 0.1) is 5.92 Å². The highest BCUT2D eigenvalue weighted by molar-refractivity contribution is 6.08. The molecule has 0 unspecified atom stereocenters. The summed E-state index contributed by atoms with van der Waals surface area (Å²) in [5, 5.41) is 2.43. The molecule has 0 radical (unpaired) electrons. The molecule has 0 aromatic heterocycles. The van der Waals surface area contributed by atoms with Crippen molar-refractivity contribution in [1.82, 2.24) is 10.2 Å². The van der Waals surface area contributed by atoms with Gasteiger partial charge in [-0.1, -0.05) is 0 Å². The average Bonchev–Trinajstić information content (AvgIpc) is 2.61. The quantitative estimate of drug-likeness (QED) is 0.341. The number of rotatable bonds is 9. The first-order valence-corrected chi connectivity index (χ1v) is 9.32.